The smallest absolute Gasteiger partial charge is 0.157 e. The minimum Gasteiger partial charge on any atom is -0.363 e. The molecule has 114 valence electrons. The van der Waals surface area contributed by atoms with Crippen molar-refractivity contribution in [1.29, 1.82) is 0 Å². The average Bonchev–Trinajstić information content (AvgIpc) is 3.27. The Morgan fingerprint density at radius 3 is 2.78 bits per heavy atom. The Kier molecular flexibility index (Phi) is 3.55. The van der Waals surface area contributed by atoms with Gasteiger partial charge in [-0.3, -0.25) is 0 Å². The highest BCUT2D eigenvalue weighted by molar-refractivity contribution is 7.08. The van der Waals surface area contributed by atoms with E-state index in [-0.39, 0.29) is 6.04 Å². The summed E-state index contributed by atoms with van der Waals surface area (Å²) < 4.78 is 1.84. The Morgan fingerprint density at radius 2 is 2.00 bits per heavy atom. The van der Waals surface area contributed by atoms with Gasteiger partial charge in [0.1, 0.15) is 5.82 Å². The molecule has 0 radical (unpaired) electrons. The molecular formula is C18H16N4S. The van der Waals surface area contributed by atoms with Gasteiger partial charge in [-0.15, -0.1) is 0 Å². The molecule has 0 spiro atoms. The van der Waals surface area contributed by atoms with E-state index in [1.165, 1.54) is 5.56 Å². The molecule has 1 unspecified atom stereocenters. The number of nitrogens with one attached hydrogen (secondary N) is 1. The number of hydrogen-bond donors (Lipinski definition) is 1. The number of thiophene rings is 1. The van der Waals surface area contributed by atoms with Crippen LogP contribution in [0.2, 0.25) is 0 Å². The molecule has 0 saturated heterocycles. The van der Waals surface area contributed by atoms with Crippen molar-refractivity contribution in [1.82, 2.24) is 14.6 Å². The first kappa shape index (κ1) is 14.0. The molecule has 0 bridgehead atoms. The van der Waals surface area contributed by atoms with Gasteiger partial charge in [0.05, 0.1) is 17.9 Å². The van der Waals surface area contributed by atoms with E-state index in [0.29, 0.717) is 0 Å². The van der Waals surface area contributed by atoms with E-state index in [0.717, 1.165) is 22.7 Å². The zero-order chi connectivity index (χ0) is 15.6. The predicted molar refractivity (Wildman–Crippen MR) is 94.8 cm³/mol. The summed E-state index contributed by atoms with van der Waals surface area (Å²) in [6, 6.07) is 16.5. The summed E-state index contributed by atoms with van der Waals surface area (Å²) in [6.45, 7) is 2.15. The summed E-state index contributed by atoms with van der Waals surface area (Å²) in [5.74, 6) is 0.942. The fourth-order valence-electron chi connectivity index (χ4n) is 2.60. The van der Waals surface area contributed by atoms with Crippen molar-refractivity contribution in [3.8, 4) is 11.3 Å². The van der Waals surface area contributed by atoms with E-state index >= 15 is 0 Å². The monoisotopic (exact) mass is 320 g/mol. The molecule has 0 aliphatic carbocycles. The van der Waals surface area contributed by atoms with Crippen molar-refractivity contribution >= 4 is 22.8 Å². The van der Waals surface area contributed by atoms with Gasteiger partial charge in [0.15, 0.2) is 5.65 Å². The molecular weight excluding hydrogens is 304 g/mol. The van der Waals surface area contributed by atoms with Crippen LogP contribution < -0.4 is 5.32 Å². The van der Waals surface area contributed by atoms with Crippen LogP contribution in [0.3, 0.4) is 0 Å². The SMILES string of the molecule is CC(Nc1cc(-c2ccccc2)nc2ccnn12)c1ccsc1. The molecule has 1 atom stereocenters. The molecule has 4 aromatic rings. The fraction of sp³-hybridized carbons (Fsp3) is 0.111. The normalized spacial score (nSPS) is 12.4. The van der Waals surface area contributed by atoms with Gasteiger partial charge in [-0.25, -0.2) is 4.98 Å². The molecule has 23 heavy (non-hydrogen) atoms. The Hall–Kier alpha value is -2.66. The molecule has 0 aliphatic rings. The number of aromatic nitrogens is 3. The standard InChI is InChI=1S/C18H16N4S/c1-13(15-8-10-23-12-15)20-18-11-16(14-5-3-2-4-6-14)21-17-7-9-19-22(17)18/h2-13,20H,1H3. The van der Waals surface area contributed by atoms with E-state index in [2.05, 4.69) is 52.4 Å². The van der Waals surface area contributed by atoms with Crippen molar-refractivity contribution in [3.05, 3.63) is 71.1 Å². The van der Waals surface area contributed by atoms with E-state index in [1.54, 1.807) is 17.5 Å². The number of hydrogen-bond acceptors (Lipinski definition) is 4. The van der Waals surface area contributed by atoms with Crippen LogP contribution in [0.4, 0.5) is 5.82 Å². The van der Waals surface area contributed by atoms with Crippen molar-refractivity contribution in [2.24, 2.45) is 0 Å². The Balaban J connectivity index is 1.77. The molecule has 0 aliphatic heterocycles. The van der Waals surface area contributed by atoms with Gasteiger partial charge in [0, 0.05) is 17.7 Å². The highest BCUT2D eigenvalue weighted by Crippen LogP contribution is 2.25. The predicted octanol–water partition coefficient (Wildman–Crippen LogP) is 4.63. The van der Waals surface area contributed by atoms with E-state index < -0.39 is 0 Å². The summed E-state index contributed by atoms with van der Waals surface area (Å²) in [5, 5.41) is 12.2. The Bertz CT molecular complexity index is 913. The number of rotatable bonds is 4. The maximum absolute atomic E-state index is 4.70. The maximum Gasteiger partial charge on any atom is 0.157 e. The molecule has 1 aromatic carbocycles. The lowest BCUT2D eigenvalue weighted by molar-refractivity contribution is 0.845. The van der Waals surface area contributed by atoms with Crippen LogP contribution >= 0.6 is 11.3 Å². The highest BCUT2D eigenvalue weighted by atomic mass is 32.1. The Morgan fingerprint density at radius 1 is 1.13 bits per heavy atom. The van der Waals surface area contributed by atoms with E-state index in [9.17, 15) is 0 Å². The lowest BCUT2D eigenvalue weighted by Gasteiger charge is -2.16. The maximum atomic E-state index is 4.70. The molecule has 0 saturated carbocycles. The molecule has 0 amide bonds. The molecule has 1 N–H and O–H groups in total. The summed E-state index contributed by atoms with van der Waals surface area (Å²) in [4.78, 5) is 4.70. The van der Waals surface area contributed by atoms with Crippen LogP contribution in [-0.2, 0) is 0 Å². The fourth-order valence-corrected chi connectivity index (χ4v) is 3.35. The van der Waals surface area contributed by atoms with Gasteiger partial charge in [-0.05, 0) is 29.3 Å². The lowest BCUT2D eigenvalue weighted by atomic mass is 10.1. The van der Waals surface area contributed by atoms with Crippen LogP contribution in [-0.4, -0.2) is 14.6 Å². The van der Waals surface area contributed by atoms with Crippen LogP contribution in [0.25, 0.3) is 16.9 Å². The molecule has 4 rings (SSSR count). The third kappa shape index (κ3) is 2.71. The molecule has 0 fully saturated rings. The summed E-state index contributed by atoms with van der Waals surface area (Å²) in [6.07, 6.45) is 1.78. The second-order valence-electron chi connectivity index (χ2n) is 5.42. The van der Waals surface area contributed by atoms with Crippen molar-refractivity contribution in [2.75, 3.05) is 5.32 Å². The van der Waals surface area contributed by atoms with Gasteiger partial charge < -0.3 is 5.32 Å². The zero-order valence-corrected chi connectivity index (χ0v) is 13.5. The third-order valence-corrected chi connectivity index (χ3v) is 4.54. The van der Waals surface area contributed by atoms with E-state index in [4.69, 9.17) is 4.98 Å². The van der Waals surface area contributed by atoms with Gasteiger partial charge in [-0.2, -0.15) is 21.0 Å². The summed E-state index contributed by atoms with van der Waals surface area (Å²) >= 11 is 1.71. The molecule has 3 aromatic heterocycles. The van der Waals surface area contributed by atoms with Crippen LogP contribution in [0.1, 0.15) is 18.5 Å². The minimum absolute atomic E-state index is 0.208. The zero-order valence-electron chi connectivity index (χ0n) is 12.7. The first-order valence-corrected chi connectivity index (χ1v) is 8.44. The van der Waals surface area contributed by atoms with Crippen molar-refractivity contribution in [2.45, 2.75) is 13.0 Å². The van der Waals surface area contributed by atoms with Gasteiger partial charge in [-0.1, -0.05) is 30.3 Å². The third-order valence-electron chi connectivity index (χ3n) is 3.84. The molecule has 4 nitrogen and oxygen atoms in total. The lowest BCUT2D eigenvalue weighted by Crippen LogP contribution is -2.10. The van der Waals surface area contributed by atoms with Gasteiger partial charge >= 0.3 is 0 Å². The summed E-state index contributed by atoms with van der Waals surface area (Å²) in [5.41, 5.74) is 4.15. The van der Waals surface area contributed by atoms with E-state index in [1.807, 2.05) is 28.8 Å². The number of fused-ring (bicyclic) bond motifs is 1. The minimum atomic E-state index is 0.208. The van der Waals surface area contributed by atoms with Crippen LogP contribution in [0.15, 0.2) is 65.5 Å². The topological polar surface area (TPSA) is 42.2 Å². The van der Waals surface area contributed by atoms with Crippen molar-refractivity contribution in [3.63, 3.8) is 0 Å². The quantitative estimate of drug-likeness (QED) is 0.596. The van der Waals surface area contributed by atoms with Crippen LogP contribution in [0, 0.1) is 0 Å². The largest absolute Gasteiger partial charge is 0.363 e. The number of benzene rings is 1. The highest BCUT2D eigenvalue weighted by Gasteiger charge is 2.11. The summed E-state index contributed by atoms with van der Waals surface area (Å²) in [7, 11) is 0. The average molecular weight is 320 g/mol. The van der Waals surface area contributed by atoms with Crippen molar-refractivity contribution < 1.29 is 0 Å². The second-order valence-corrected chi connectivity index (χ2v) is 6.20. The second kappa shape index (κ2) is 5.85. The Labute approximate surface area is 138 Å². The number of nitrogens with zero attached hydrogens (tertiary/aromatic N) is 3. The molecule has 3 heterocycles. The van der Waals surface area contributed by atoms with Gasteiger partial charge in [0.2, 0.25) is 0 Å². The van der Waals surface area contributed by atoms with Crippen LogP contribution in [0.5, 0.6) is 0 Å². The van der Waals surface area contributed by atoms with Gasteiger partial charge in [0.25, 0.3) is 0 Å². The number of anilines is 1. The first-order chi connectivity index (χ1) is 11.3. The first-order valence-electron chi connectivity index (χ1n) is 7.50. The molecule has 5 heteroatoms.